The topological polar surface area (TPSA) is 48.3 Å². The number of aryl methyl sites for hydroxylation is 1. The maximum atomic E-state index is 12.8. The van der Waals surface area contributed by atoms with E-state index in [1.165, 1.54) is 3.97 Å². The summed E-state index contributed by atoms with van der Waals surface area (Å²) in [6, 6.07) is 12.7. The highest BCUT2D eigenvalue weighted by molar-refractivity contribution is 7.89. The molecule has 0 radical (unpaired) electrons. The lowest BCUT2D eigenvalue weighted by atomic mass is 10.1. The summed E-state index contributed by atoms with van der Waals surface area (Å²) in [6.07, 6.45) is 1.58. The van der Waals surface area contributed by atoms with Gasteiger partial charge in [-0.1, -0.05) is 30.3 Å². The minimum absolute atomic E-state index is 0.0506. The molecule has 120 valence electrons. The summed E-state index contributed by atoms with van der Waals surface area (Å²) in [4.78, 5) is 0.641. The van der Waals surface area contributed by atoms with E-state index < -0.39 is 10.0 Å². The Morgan fingerprint density at radius 2 is 1.87 bits per heavy atom. The van der Waals surface area contributed by atoms with Crippen LogP contribution in [0.2, 0.25) is 0 Å². The van der Waals surface area contributed by atoms with E-state index in [9.17, 15) is 8.42 Å². The van der Waals surface area contributed by atoms with Crippen LogP contribution in [0.3, 0.4) is 0 Å². The lowest BCUT2D eigenvalue weighted by Crippen LogP contribution is -2.14. The molecule has 1 aromatic heterocycles. The van der Waals surface area contributed by atoms with Gasteiger partial charge in [0.05, 0.1) is 23.3 Å². The standard InChI is InChI=1S/C17H17NO3S2/c1-12-10-15(21-2)17(22)14-8-9-18(16(12)14)23(19,20)11-13-6-4-3-5-7-13/h3-10,22H,11H2,1-2H3. The van der Waals surface area contributed by atoms with E-state index in [-0.39, 0.29) is 5.75 Å². The Kier molecular flexibility index (Phi) is 4.12. The number of fused-ring (bicyclic) bond motifs is 1. The van der Waals surface area contributed by atoms with Crippen molar-refractivity contribution in [2.24, 2.45) is 0 Å². The first kappa shape index (κ1) is 16.0. The first-order chi connectivity index (χ1) is 10.9. The second kappa shape index (κ2) is 5.94. The molecular weight excluding hydrogens is 330 g/mol. The maximum Gasteiger partial charge on any atom is 0.243 e. The monoisotopic (exact) mass is 347 g/mol. The third-order valence-corrected chi connectivity index (χ3v) is 5.84. The van der Waals surface area contributed by atoms with Crippen molar-refractivity contribution in [3.05, 3.63) is 59.8 Å². The third kappa shape index (κ3) is 2.84. The molecule has 0 amide bonds. The van der Waals surface area contributed by atoms with Gasteiger partial charge in [0.1, 0.15) is 5.75 Å². The highest BCUT2D eigenvalue weighted by Gasteiger charge is 2.20. The van der Waals surface area contributed by atoms with Gasteiger partial charge in [0.2, 0.25) is 10.0 Å². The summed E-state index contributed by atoms with van der Waals surface area (Å²) >= 11 is 4.47. The third-order valence-electron chi connectivity index (χ3n) is 3.77. The average Bonchev–Trinajstić information content (AvgIpc) is 2.98. The molecular formula is C17H17NO3S2. The average molecular weight is 347 g/mol. The van der Waals surface area contributed by atoms with E-state index in [0.29, 0.717) is 16.2 Å². The lowest BCUT2D eigenvalue weighted by molar-refractivity contribution is 0.406. The zero-order chi connectivity index (χ0) is 16.6. The van der Waals surface area contributed by atoms with Crippen molar-refractivity contribution in [1.29, 1.82) is 0 Å². The van der Waals surface area contributed by atoms with Crippen LogP contribution in [-0.2, 0) is 15.8 Å². The molecule has 0 atom stereocenters. The molecule has 0 saturated carbocycles. The van der Waals surface area contributed by atoms with Gasteiger partial charge < -0.3 is 4.74 Å². The second-order valence-corrected chi connectivity index (χ2v) is 7.65. The number of nitrogens with zero attached hydrogens (tertiary/aromatic N) is 1. The summed E-state index contributed by atoms with van der Waals surface area (Å²) in [5, 5.41) is 0.766. The highest BCUT2D eigenvalue weighted by atomic mass is 32.2. The number of benzene rings is 2. The number of ether oxygens (including phenoxy) is 1. The molecule has 0 aliphatic carbocycles. The molecule has 4 nitrogen and oxygen atoms in total. The summed E-state index contributed by atoms with van der Waals surface area (Å²) in [6.45, 7) is 1.87. The fraction of sp³-hybridized carbons (Fsp3) is 0.176. The predicted molar refractivity (Wildman–Crippen MR) is 94.9 cm³/mol. The predicted octanol–water partition coefficient (Wildman–Crippen LogP) is 3.63. The van der Waals surface area contributed by atoms with E-state index in [1.54, 1.807) is 25.4 Å². The molecule has 6 heteroatoms. The number of hydrogen-bond donors (Lipinski definition) is 1. The molecule has 0 saturated heterocycles. The van der Waals surface area contributed by atoms with Gasteiger partial charge in [0, 0.05) is 11.6 Å². The van der Waals surface area contributed by atoms with Gasteiger partial charge in [-0.2, -0.15) is 0 Å². The molecule has 0 fully saturated rings. The van der Waals surface area contributed by atoms with Crippen LogP contribution in [-0.4, -0.2) is 19.5 Å². The molecule has 0 bridgehead atoms. The molecule has 2 aromatic carbocycles. The Balaban J connectivity index is 2.15. The Morgan fingerprint density at radius 3 is 2.52 bits per heavy atom. The number of hydrogen-bond acceptors (Lipinski definition) is 4. The SMILES string of the molecule is COc1cc(C)c2c(ccn2S(=O)(=O)Cc2ccccc2)c1S. The fourth-order valence-electron chi connectivity index (χ4n) is 2.70. The molecule has 3 aromatic rings. The molecule has 0 unspecified atom stereocenters. The van der Waals surface area contributed by atoms with Gasteiger partial charge in [-0.3, -0.25) is 0 Å². The Bertz CT molecular complexity index is 960. The van der Waals surface area contributed by atoms with Crippen molar-refractivity contribution >= 4 is 33.6 Å². The van der Waals surface area contributed by atoms with E-state index >= 15 is 0 Å². The van der Waals surface area contributed by atoms with Gasteiger partial charge in [-0.25, -0.2) is 12.4 Å². The molecule has 3 rings (SSSR count). The fourth-order valence-corrected chi connectivity index (χ4v) is 4.56. The lowest BCUT2D eigenvalue weighted by Gasteiger charge is -2.12. The normalized spacial score (nSPS) is 11.8. The highest BCUT2D eigenvalue weighted by Crippen LogP contribution is 2.35. The molecule has 23 heavy (non-hydrogen) atoms. The van der Waals surface area contributed by atoms with Crippen molar-refractivity contribution in [1.82, 2.24) is 3.97 Å². The molecule has 0 aliphatic rings. The Hall–Kier alpha value is -1.92. The second-order valence-electron chi connectivity index (χ2n) is 5.36. The van der Waals surface area contributed by atoms with Crippen LogP contribution in [0.1, 0.15) is 11.1 Å². The van der Waals surface area contributed by atoms with Crippen molar-refractivity contribution in [2.45, 2.75) is 17.6 Å². The van der Waals surface area contributed by atoms with Crippen LogP contribution in [0.25, 0.3) is 10.9 Å². The molecule has 0 N–H and O–H groups in total. The van der Waals surface area contributed by atoms with Gasteiger partial charge in [-0.05, 0) is 30.2 Å². The van der Waals surface area contributed by atoms with Crippen LogP contribution in [0.4, 0.5) is 0 Å². The summed E-state index contributed by atoms with van der Waals surface area (Å²) in [5.41, 5.74) is 2.23. The van der Waals surface area contributed by atoms with Gasteiger partial charge in [-0.15, -0.1) is 12.6 Å². The van der Waals surface area contributed by atoms with Crippen LogP contribution in [0.15, 0.2) is 53.6 Å². The molecule has 0 spiro atoms. The van der Waals surface area contributed by atoms with Crippen LogP contribution in [0.5, 0.6) is 5.75 Å². The largest absolute Gasteiger partial charge is 0.496 e. The smallest absolute Gasteiger partial charge is 0.243 e. The number of thiol groups is 1. The minimum Gasteiger partial charge on any atom is -0.496 e. The van der Waals surface area contributed by atoms with Crippen LogP contribution < -0.4 is 4.74 Å². The van der Waals surface area contributed by atoms with Crippen molar-refractivity contribution < 1.29 is 13.2 Å². The van der Waals surface area contributed by atoms with Crippen molar-refractivity contribution in [3.63, 3.8) is 0 Å². The van der Waals surface area contributed by atoms with Crippen LogP contribution in [0, 0.1) is 6.92 Å². The van der Waals surface area contributed by atoms with E-state index in [1.807, 2.05) is 37.3 Å². The Labute approximate surface area is 141 Å². The quantitative estimate of drug-likeness (QED) is 0.733. The summed E-state index contributed by atoms with van der Waals surface area (Å²) in [7, 11) is -1.94. The maximum absolute atomic E-state index is 12.8. The zero-order valence-electron chi connectivity index (χ0n) is 12.9. The number of rotatable bonds is 4. The van der Waals surface area contributed by atoms with Crippen molar-refractivity contribution in [2.75, 3.05) is 7.11 Å². The molecule has 0 aliphatic heterocycles. The number of methoxy groups -OCH3 is 1. The molecule has 1 heterocycles. The van der Waals surface area contributed by atoms with Gasteiger partial charge in [0.15, 0.2) is 0 Å². The van der Waals surface area contributed by atoms with Crippen molar-refractivity contribution in [3.8, 4) is 5.75 Å². The van der Waals surface area contributed by atoms with Gasteiger partial charge >= 0.3 is 0 Å². The zero-order valence-corrected chi connectivity index (χ0v) is 14.6. The van der Waals surface area contributed by atoms with E-state index in [2.05, 4.69) is 12.6 Å². The first-order valence-electron chi connectivity index (χ1n) is 7.09. The first-order valence-corrected chi connectivity index (χ1v) is 9.14. The summed E-state index contributed by atoms with van der Waals surface area (Å²) in [5.74, 6) is 0.585. The summed E-state index contributed by atoms with van der Waals surface area (Å²) < 4.78 is 32.2. The van der Waals surface area contributed by atoms with Gasteiger partial charge in [0.25, 0.3) is 0 Å². The van der Waals surface area contributed by atoms with E-state index in [4.69, 9.17) is 4.74 Å². The minimum atomic E-state index is -3.51. The van der Waals surface area contributed by atoms with E-state index in [0.717, 1.165) is 16.5 Å². The van der Waals surface area contributed by atoms with Crippen LogP contribution >= 0.6 is 12.6 Å². The Morgan fingerprint density at radius 1 is 1.17 bits per heavy atom. The number of aromatic nitrogens is 1.